The van der Waals surface area contributed by atoms with Gasteiger partial charge in [-0.2, -0.15) is 0 Å². The van der Waals surface area contributed by atoms with Gasteiger partial charge in [0, 0.05) is 19.5 Å². The Morgan fingerprint density at radius 2 is 1.00 bits per heavy atom. The molecule has 0 bridgehead atoms. The molecule has 0 rings (SSSR count). The molecular formula is H4KNaPbZn. The molecule has 4 heavy (non-hydrogen) atoms. The van der Waals surface area contributed by atoms with Crippen LogP contribution in [0.15, 0.2) is 0 Å². The van der Waals surface area contributed by atoms with E-state index in [2.05, 4.69) is 0 Å². The minimum absolute atomic E-state index is 0. The molecule has 0 nitrogen and oxygen atoms in total. The molecule has 0 aromatic carbocycles. The number of hydrogen-bond donors (Lipinski definition) is 0. The van der Waals surface area contributed by atoms with E-state index < -0.39 is 0 Å². The minimum atomic E-state index is 0. The van der Waals surface area contributed by atoms with E-state index in [1.807, 2.05) is 0 Å². The van der Waals surface area contributed by atoms with Gasteiger partial charge in [0.25, 0.3) is 0 Å². The molecule has 0 aliphatic carbocycles. The molecule has 0 N–H and O–H groups in total. The topological polar surface area (TPSA) is 0 Å². The van der Waals surface area contributed by atoms with Crippen LogP contribution in [0.4, 0.5) is 0 Å². The van der Waals surface area contributed by atoms with Crippen LogP contribution in [0.3, 0.4) is 0 Å². The molecule has 0 saturated carbocycles. The van der Waals surface area contributed by atoms with Gasteiger partial charge in [-0.3, -0.25) is 0 Å². The van der Waals surface area contributed by atoms with Crippen molar-refractivity contribution in [2.75, 3.05) is 0 Å². The quantitative estimate of drug-likeness (QED) is 0.439. The molecule has 0 unspecified atom stereocenters. The van der Waals surface area contributed by atoms with E-state index in [-0.39, 0.29) is 128 Å². The largest absolute Gasteiger partial charge is 0 e. The first kappa shape index (κ1) is 24.1. The molecule has 0 fully saturated rings. The number of rotatable bonds is 0. The standard InChI is InChI=1S/K.Na.Pb.Zn.4H. The Labute approximate surface area is 124 Å². The Hall–Kier alpha value is 4.18. The molecule has 0 atom stereocenters. The Kier molecular flexibility index (Phi) is 94.7. The van der Waals surface area contributed by atoms with Crippen molar-refractivity contribution < 1.29 is 19.5 Å². The van der Waals surface area contributed by atoms with E-state index in [4.69, 9.17) is 0 Å². The van der Waals surface area contributed by atoms with Crippen molar-refractivity contribution in [3.8, 4) is 0 Å². The first-order valence-corrected chi connectivity index (χ1v) is 0. The summed E-state index contributed by atoms with van der Waals surface area (Å²) in [6, 6.07) is 0. The van der Waals surface area contributed by atoms with Crippen LogP contribution < -0.4 is 0 Å². The molecule has 0 aliphatic heterocycles. The molecule has 0 saturated heterocycles. The second kappa shape index (κ2) is 15.7. The summed E-state index contributed by atoms with van der Waals surface area (Å²) in [5.41, 5.74) is 0. The molecule has 0 amide bonds. The molecule has 0 heterocycles. The van der Waals surface area contributed by atoms with Gasteiger partial charge in [0.1, 0.15) is 0 Å². The van der Waals surface area contributed by atoms with Crippen LogP contribution in [0.2, 0.25) is 0 Å². The molecular weight excluding hydrogens is 335 g/mol. The van der Waals surface area contributed by atoms with Crippen LogP contribution in [0.5, 0.6) is 0 Å². The summed E-state index contributed by atoms with van der Waals surface area (Å²) < 4.78 is 0. The van der Waals surface area contributed by atoms with E-state index >= 15 is 0 Å². The zero-order valence-electron chi connectivity index (χ0n) is 1.41. The summed E-state index contributed by atoms with van der Waals surface area (Å²) in [4.78, 5) is 0. The zero-order valence-corrected chi connectivity index (χ0v) is 9.88. The predicted molar refractivity (Wildman–Crippen MR) is 22.8 cm³/mol. The van der Waals surface area contributed by atoms with Gasteiger partial charge >= 0.3 is 108 Å². The maximum atomic E-state index is 0. The van der Waals surface area contributed by atoms with Crippen molar-refractivity contribution in [1.29, 1.82) is 0 Å². The summed E-state index contributed by atoms with van der Waals surface area (Å²) >= 11 is 0. The Morgan fingerprint density at radius 1 is 1.00 bits per heavy atom. The average molecular weight is 339 g/mol. The van der Waals surface area contributed by atoms with Gasteiger partial charge in [0.2, 0.25) is 0 Å². The summed E-state index contributed by atoms with van der Waals surface area (Å²) in [6.45, 7) is 0. The Morgan fingerprint density at radius 3 is 1.00 bits per heavy atom. The van der Waals surface area contributed by atoms with Crippen molar-refractivity contribution in [1.82, 2.24) is 0 Å². The molecule has 0 spiro atoms. The van der Waals surface area contributed by atoms with Gasteiger partial charge in [-0.1, -0.05) is 0 Å². The minimum Gasteiger partial charge on any atom is 0 e. The van der Waals surface area contributed by atoms with Gasteiger partial charge in [-0.25, -0.2) is 0 Å². The maximum Gasteiger partial charge on any atom is 0 e. The molecule has 2 radical (unpaired) electrons. The smallest absolute Gasteiger partial charge is 0 e. The van der Waals surface area contributed by atoms with Crippen LogP contribution in [0.1, 0.15) is 0 Å². The number of hydrogen-bond acceptors (Lipinski definition) is 0. The van der Waals surface area contributed by atoms with Gasteiger partial charge in [0.05, 0.1) is 0 Å². The Balaban J connectivity index is 0. The van der Waals surface area contributed by atoms with Crippen LogP contribution in [-0.4, -0.2) is 108 Å². The fraction of sp³-hybridized carbons (Fsp3) is 0. The van der Waals surface area contributed by atoms with Crippen molar-refractivity contribution in [3.63, 3.8) is 0 Å². The first-order valence-electron chi connectivity index (χ1n) is 0. The van der Waals surface area contributed by atoms with Crippen LogP contribution in [0.25, 0.3) is 0 Å². The SMILES string of the molecule is [KH].[NaH].[PbH2].[Zn]. The molecule has 0 aliphatic rings. The van der Waals surface area contributed by atoms with Crippen LogP contribution >= 0.6 is 0 Å². The molecule has 12 valence electrons. The maximum absolute atomic E-state index is 0. The van der Waals surface area contributed by atoms with E-state index in [0.717, 1.165) is 0 Å². The average Bonchev–Trinajstić information content (AvgIpc) is 0. The van der Waals surface area contributed by atoms with Crippen LogP contribution in [0, 0.1) is 0 Å². The summed E-state index contributed by atoms with van der Waals surface area (Å²) in [5.74, 6) is 0. The van der Waals surface area contributed by atoms with Gasteiger partial charge < -0.3 is 0 Å². The molecule has 0 aromatic heterocycles. The third kappa shape index (κ3) is 9.49. The van der Waals surface area contributed by atoms with Crippen LogP contribution in [-0.2, 0) is 19.5 Å². The van der Waals surface area contributed by atoms with Crippen molar-refractivity contribution in [3.05, 3.63) is 0 Å². The summed E-state index contributed by atoms with van der Waals surface area (Å²) in [5, 5.41) is 0. The van der Waals surface area contributed by atoms with E-state index in [9.17, 15) is 0 Å². The van der Waals surface area contributed by atoms with E-state index in [1.165, 1.54) is 0 Å². The summed E-state index contributed by atoms with van der Waals surface area (Å²) in [6.07, 6.45) is 0. The second-order valence-electron chi connectivity index (χ2n) is 0. The third-order valence-electron chi connectivity index (χ3n) is 0. The monoisotopic (exact) mass is 338 g/mol. The van der Waals surface area contributed by atoms with E-state index in [1.54, 1.807) is 0 Å². The zero-order chi connectivity index (χ0) is 0. The van der Waals surface area contributed by atoms with Gasteiger partial charge in [-0.15, -0.1) is 0 Å². The first-order chi connectivity index (χ1) is 0. The molecule has 0 aromatic rings. The van der Waals surface area contributed by atoms with E-state index in [0.29, 0.717) is 0 Å². The van der Waals surface area contributed by atoms with Gasteiger partial charge in [-0.05, 0) is 0 Å². The van der Waals surface area contributed by atoms with Crippen molar-refractivity contribution >= 4 is 108 Å². The molecule has 4 heteroatoms. The summed E-state index contributed by atoms with van der Waals surface area (Å²) in [7, 11) is 0. The fourth-order valence-electron chi connectivity index (χ4n) is 0. The van der Waals surface area contributed by atoms with Crippen molar-refractivity contribution in [2.24, 2.45) is 0 Å². The third-order valence-corrected chi connectivity index (χ3v) is 0. The fourth-order valence-corrected chi connectivity index (χ4v) is 0. The second-order valence-corrected chi connectivity index (χ2v) is 0. The Bertz CT molecular complexity index is 8.00. The van der Waals surface area contributed by atoms with Gasteiger partial charge in [0.15, 0.2) is 0 Å². The normalized spacial score (nSPS) is 0. The predicted octanol–water partition coefficient (Wildman–Crippen LogP) is -2.22. The van der Waals surface area contributed by atoms with Crippen molar-refractivity contribution in [2.45, 2.75) is 0 Å².